The molecule has 2 aromatic heterocycles. The van der Waals surface area contributed by atoms with E-state index in [2.05, 4.69) is 14.8 Å². The number of benzene rings is 2. The van der Waals surface area contributed by atoms with Gasteiger partial charge in [-0.15, -0.1) is 0 Å². The number of nitrogens with zero attached hydrogens (tertiary/aromatic N) is 4. The molecule has 0 spiro atoms. The highest BCUT2D eigenvalue weighted by Crippen LogP contribution is 2.18. The van der Waals surface area contributed by atoms with Gasteiger partial charge in [0.25, 0.3) is 11.8 Å². The van der Waals surface area contributed by atoms with Crippen molar-refractivity contribution in [3.05, 3.63) is 120 Å². The van der Waals surface area contributed by atoms with E-state index in [9.17, 15) is 18.0 Å². The molecular formula is C29H29N5O4S. The number of aromatic nitrogens is 3. The number of amides is 2. The third-order valence-corrected chi connectivity index (χ3v) is 7.11. The second kappa shape index (κ2) is 12.8. The molecule has 4 aromatic rings. The number of likely N-dealkylation sites (N-methyl/N-ethyl adjacent to an activating group) is 1. The van der Waals surface area contributed by atoms with Gasteiger partial charge in [0, 0.05) is 30.2 Å². The fraction of sp³-hybridized carbons (Fsp3) is 0.172. The van der Waals surface area contributed by atoms with E-state index >= 15 is 0 Å². The van der Waals surface area contributed by atoms with Crippen LogP contribution >= 0.6 is 0 Å². The Morgan fingerprint density at radius 3 is 2.33 bits per heavy atom. The summed E-state index contributed by atoms with van der Waals surface area (Å²) in [6.45, 7) is 2.44. The van der Waals surface area contributed by atoms with Crippen LogP contribution in [0.4, 0.5) is 5.69 Å². The first-order chi connectivity index (χ1) is 18.8. The van der Waals surface area contributed by atoms with Crippen LogP contribution in [0.2, 0.25) is 0 Å². The highest BCUT2D eigenvalue weighted by molar-refractivity contribution is 7.90. The number of carbonyl (C=O) groups is 2. The minimum Gasteiger partial charge on any atom is -0.308 e. The molecule has 0 radical (unpaired) electrons. The summed E-state index contributed by atoms with van der Waals surface area (Å²) < 4.78 is 29.3. The number of rotatable bonds is 11. The summed E-state index contributed by atoms with van der Waals surface area (Å²) in [5.41, 5.74) is 2.35. The molecule has 0 aliphatic carbocycles. The molecule has 0 atom stereocenters. The van der Waals surface area contributed by atoms with Gasteiger partial charge in [0.2, 0.25) is 10.0 Å². The topological polar surface area (TPSA) is 114 Å². The van der Waals surface area contributed by atoms with Crippen LogP contribution in [0.3, 0.4) is 0 Å². The minimum absolute atomic E-state index is 0.224. The molecule has 1 N–H and O–H groups in total. The van der Waals surface area contributed by atoms with Gasteiger partial charge in [-0.05, 0) is 49.2 Å². The van der Waals surface area contributed by atoms with Crippen molar-refractivity contribution in [1.29, 1.82) is 0 Å². The zero-order chi connectivity index (χ0) is 27.7. The van der Waals surface area contributed by atoms with Gasteiger partial charge in [-0.2, -0.15) is 5.10 Å². The van der Waals surface area contributed by atoms with Crippen LogP contribution in [0.15, 0.2) is 103 Å². The molecule has 2 amide bonds. The zero-order valence-electron chi connectivity index (χ0n) is 21.5. The fourth-order valence-electron chi connectivity index (χ4n) is 3.93. The normalized spacial score (nSPS) is 11.7. The second-order valence-electron chi connectivity index (χ2n) is 8.72. The van der Waals surface area contributed by atoms with Crippen molar-refractivity contribution in [1.82, 2.24) is 19.5 Å². The Bertz CT molecular complexity index is 1540. The largest absolute Gasteiger partial charge is 0.308 e. The van der Waals surface area contributed by atoms with E-state index in [1.54, 1.807) is 48.3 Å². The monoisotopic (exact) mass is 543 g/mol. The first kappa shape index (κ1) is 27.5. The van der Waals surface area contributed by atoms with Gasteiger partial charge in [0.15, 0.2) is 0 Å². The highest BCUT2D eigenvalue weighted by atomic mass is 32.2. The van der Waals surface area contributed by atoms with Crippen LogP contribution in [0.1, 0.15) is 23.7 Å². The predicted octanol–water partition coefficient (Wildman–Crippen LogP) is 3.45. The highest BCUT2D eigenvalue weighted by Gasteiger charge is 2.27. The maximum Gasteiger partial charge on any atom is 0.270 e. The average molecular weight is 544 g/mol. The van der Waals surface area contributed by atoms with Gasteiger partial charge in [-0.3, -0.25) is 19.3 Å². The number of aryl methyl sites for hydroxylation is 1. The Balaban J connectivity index is 1.60. The van der Waals surface area contributed by atoms with Crippen LogP contribution in [0, 0.1) is 0 Å². The van der Waals surface area contributed by atoms with Crippen molar-refractivity contribution in [2.24, 2.45) is 0 Å². The number of hydrogen-bond acceptors (Lipinski definition) is 6. The lowest BCUT2D eigenvalue weighted by atomic mass is 10.1. The molecule has 10 heteroatoms. The number of anilines is 1. The molecular weight excluding hydrogens is 514 g/mol. The Kier molecular flexibility index (Phi) is 9.01. The summed E-state index contributed by atoms with van der Waals surface area (Å²) in [5.74, 6) is -1.93. The van der Waals surface area contributed by atoms with E-state index in [0.717, 1.165) is 11.3 Å². The second-order valence-corrected chi connectivity index (χ2v) is 10.6. The van der Waals surface area contributed by atoms with E-state index in [4.69, 9.17) is 0 Å². The zero-order valence-corrected chi connectivity index (χ0v) is 22.3. The number of pyridine rings is 1. The van der Waals surface area contributed by atoms with Gasteiger partial charge in [0.1, 0.15) is 5.57 Å². The summed E-state index contributed by atoms with van der Waals surface area (Å²) in [6, 6.07) is 23.5. The Hall–Kier alpha value is -4.57. The molecule has 0 aliphatic rings. The molecule has 2 aromatic carbocycles. The molecule has 0 saturated carbocycles. The summed E-state index contributed by atoms with van der Waals surface area (Å²) >= 11 is 0. The lowest BCUT2D eigenvalue weighted by molar-refractivity contribution is -0.121. The summed E-state index contributed by atoms with van der Waals surface area (Å²) in [5, 5.41) is 4.30. The fourth-order valence-corrected chi connectivity index (χ4v) is 4.93. The van der Waals surface area contributed by atoms with Gasteiger partial charge in [-0.25, -0.2) is 13.1 Å². The van der Waals surface area contributed by atoms with Gasteiger partial charge < -0.3 is 4.90 Å². The van der Waals surface area contributed by atoms with Crippen molar-refractivity contribution >= 4 is 33.6 Å². The van der Waals surface area contributed by atoms with Crippen LogP contribution in [-0.4, -0.2) is 47.3 Å². The quantitative estimate of drug-likeness (QED) is 0.176. The number of hydrogen-bond donors (Lipinski definition) is 1. The smallest absolute Gasteiger partial charge is 0.270 e. The maximum atomic E-state index is 13.6. The molecule has 39 heavy (non-hydrogen) atoms. The van der Waals surface area contributed by atoms with Crippen LogP contribution in [0.25, 0.3) is 6.08 Å². The third kappa shape index (κ3) is 7.71. The number of nitrogens with one attached hydrogen (secondary N) is 1. The third-order valence-electron chi connectivity index (χ3n) is 5.87. The SMILES string of the molecule is CCN(C(=O)C(=Cc1cnn(Cc2ccccn2)c1)C(=O)NS(=O)(=O)CCc1ccccc1)c1ccccc1. The van der Waals surface area contributed by atoms with Crippen LogP contribution in [-0.2, 0) is 32.6 Å². The van der Waals surface area contributed by atoms with Crippen molar-refractivity contribution in [3.63, 3.8) is 0 Å². The van der Waals surface area contributed by atoms with Crippen molar-refractivity contribution in [2.75, 3.05) is 17.2 Å². The predicted molar refractivity (Wildman–Crippen MR) is 150 cm³/mol. The standard InChI is InChI=1S/C29H29N5O4S/c1-2-34(26-14-7-4-8-15-26)29(36)27(19-24-20-31-33(21-24)22-25-13-9-10-17-30-25)28(35)32-39(37,38)18-16-23-11-5-3-6-12-23/h3-15,17,19-21H,2,16,18,22H2,1H3,(H,32,35). The van der Waals surface area contributed by atoms with Crippen LogP contribution in [0.5, 0.6) is 0 Å². The number of sulfonamides is 1. The van der Waals surface area contributed by atoms with Crippen molar-refractivity contribution in [3.8, 4) is 0 Å². The van der Waals surface area contributed by atoms with E-state index in [-0.39, 0.29) is 24.3 Å². The molecule has 0 saturated heterocycles. The molecule has 200 valence electrons. The molecule has 0 fully saturated rings. The number of para-hydroxylation sites is 1. The molecule has 9 nitrogen and oxygen atoms in total. The first-order valence-corrected chi connectivity index (χ1v) is 14.1. The molecule has 4 rings (SSSR count). The van der Waals surface area contributed by atoms with Crippen molar-refractivity contribution < 1.29 is 18.0 Å². The van der Waals surface area contributed by atoms with E-state index in [1.165, 1.54) is 17.2 Å². The molecule has 0 bridgehead atoms. The van der Waals surface area contributed by atoms with Gasteiger partial charge in [0.05, 0.1) is 24.2 Å². The Morgan fingerprint density at radius 1 is 0.974 bits per heavy atom. The maximum absolute atomic E-state index is 13.6. The lowest BCUT2D eigenvalue weighted by Gasteiger charge is -2.22. The summed E-state index contributed by atoms with van der Waals surface area (Å²) in [6.07, 6.45) is 6.44. The van der Waals surface area contributed by atoms with Crippen molar-refractivity contribution in [2.45, 2.75) is 19.9 Å². The summed E-state index contributed by atoms with van der Waals surface area (Å²) in [4.78, 5) is 32.7. The molecule has 2 heterocycles. The molecule has 0 aliphatic heterocycles. The lowest BCUT2D eigenvalue weighted by Crippen LogP contribution is -2.41. The first-order valence-electron chi connectivity index (χ1n) is 12.4. The Morgan fingerprint density at radius 2 is 1.67 bits per heavy atom. The van der Waals surface area contributed by atoms with E-state index < -0.39 is 21.8 Å². The van der Waals surface area contributed by atoms with Crippen LogP contribution < -0.4 is 9.62 Å². The average Bonchev–Trinajstić information content (AvgIpc) is 3.39. The minimum atomic E-state index is -4.02. The van der Waals surface area contributed by atoms with Gasteiger partial charge in [-0.1, -0.05) is 54.6 Å². The van der Waals surface area contributed by atoms with E-state index in [1.807, 2.05) is 54.6 Å². The van der Waals surface area contributed by atoms with E-state index in [0.29, 0.717) is 17.8 Å². The molecule has 0 unspecified atom stereocenters. The number of carbonyl (C=O) groups excluding carboxylic acids is 2. The summed E-state index contributed by atoms with van der Waals surface area (Å²) in [7, 11) is -4.02. The van der Waals surface area contributed by atoms with Gasteiger partial charge >= 0.3 is 0 Å². The Labute approximate surface area is 227 Å².